The van der Waals surface area contributed by atoms with Gasteiger partial charge in [-0.2, -0.15) is 0 Å². The quantitative estimate of drug-likeness (QED) is 0.882. The van der Waals surface area contributed by atoms with Crippen molar-refractivity contribution in [3.8, 4) is 0 Å². The molecule has 0 aliphatic carbocycles. The molecule has 0 spiro atoms. The molecule has 0 saturated heterocycles. The normalized spacial score (nSPS) is 10.4. The molecular formula is C12H14N4O3. The number of pyridine rings is 1. The van der Waals surface area contributed by atoms with Crippen LogP contribution in [0.4, 0.5) is 10.5 Å². The van der Waals surface area contributed by atoms with E-state index in [9.17, 15) is 9.59 Å². The smallest absolute Gasteiger partial charge is 0.331 e. The lowest BCUT2D eigenvalue weighted by atomic mass is 10.4. The summed E-state index contributed by atoms with van der Waals surface area (Å²) in [5, 5.41) is 2.67. The molecule has 2 heterocycles. The Morgan fingerprint density at radius 1 is 1.47 bits per heavy atom. The minimum atomic E-state index is -0.338. The number of nitrogens with zero attached hydrogens (tertiary/aromatic N) is 3. The average molecular weight is 262 g/mol. The van der Waals surface area contributed by atoms with Crippen molar-refractivity contribution in [1.29, 1.82) is 0 Å². The van der Waals surface area contributed by atoms with Gasteiger partial charge in [-0.1, -0.05) is 0 Å². The number of imidazole rings is 1. The summed E-state index contributed by atoms with van der Waals surface area (Å²) in [4.78, 5) is 27.1. The summed E-state index contributed by atoms with van der Waals surface area (Å²) in [5.74, 6) is 0. The van der Waals surface area contributed by atoms with Gasteiger partial charge < -0.3 is 14.6 Å². The molecule has 0 atom stereocenters. The SMILES string of the molecule is COCCn1cc(NC(=O)n2ccnc2)ccc1=O. The number of nitrogens with one attached hydrogen (secondary N) is 1. The van der Waals surface area contributed by atoms with Gasteiger partial charge in [0, 0.05) is 38.3 Å². The first-order valence-corrected chi connectivity index (χ1v) is 5.69. The van der Waals surface area contributed by atoms with Crippen LogP contribution in [0.1, 0.15) is 0 Å². The molecule has 0 unspecified atom stereocenters. The summed E-state index contributed by atoms with van der Waals surface area (Å²) < 4.78 is 7.71. The second-order valence-electron chi connectivity index (χ2n) is 3.84. The lowest BCUT2D eigenvalue weighted by Gasteiger charge is -2.09. The minimum Gasteiger partial charge on any atom is -0.383 e. The van der Waals surface area contributed by atoms with Crippen molar-refractivity contribution < 1.29 is 9.53 Å². The molecule has 0 radical (unpaired) electrons. The Labute approximate surface area is 109 Å². The Morgan fingerprint density at radius 2 is 2.32 bits per heavy atom. The van der Waals surface area contributed by atoms with Crippen LogP contribution >= 0.6 is 0 Å². The van der Waals surface area contributed by atoms with Crippen molar-refractivity contribution in [2.24, 2.45) is 0 Å². The third kappa shape index (κ3) is 3.29. The fraction of sp³-hybridized carbons (Fsp3) is 0.250. The van der Waals surface area contributed by atoms with Crippen LogP contribution in [-0.2, 0) is 11.3 Å². The number of ether oxygens (including phenoxy) is 1. The predicted octanol–water partition coefficient (Wildman–Crippen LogP) is 0.771. The number of amides is 1. The molecule has 7 heteroatoms. The molecule has 0 aliphatic heterocycles. The van der Waals surface area contributed by atoms with Gasteiger partial charge in [0.25, 0.3) is 5.56 Å². The van der Waals surface area contributed by atoms with Crippen molar-refractivity contribution in [1.82, 2.24) is 14.1 Å². The van der Waals surface area contributed by atoms with E-state index in [1.165, 1.54) is 33.9 Å². The van der Waals surface area contributed by atoms with E-state index < -0.39 is 0 Å². The monoisotopic (exact) mass is 262 g/mol. The van der Waals surface area contributed by atoms with Gasteiger partial charge in [-0.3, -0.25) is 9.36 Å². The zero-order chi connectivity index (χ0) is 13.7. The van der Waals surface area contributed by atoms with Gasteiger partial charge in [0.15, 0.2) is 0 Å². The van der Waals surface area contributed by atoms with Crippen LogP contribution < -0.4 is 10.9 Å². The Hall–Kier alpha value is -2.41. The molecule has 2 aromatic rings. The van der Waals surface area contributed by atoms with Gasteiger partial charge >= 0.3 is 6.03 Å². The molecular weight excluding hydrogens is 248 g/mol. The van der Waals surface area contributed by atoms with Crippen LogP contribution in [0, 0.1) is 0 Å². The fourth-order valence-corrected chi connectivity index (χ4v) is 1.54. The maximum Gasteiger partial charge on any atom is 0.331 e. The van der Waals surface area contributed by atoms with E-state index >= 15 is 0 Å². The number of aromatic nitrogens is 3. The summed E-state index contributed by atoms with van der Waals surface area (Å²) >= 11 is 0. The van der Waals surface area contributed by atoms with Gasteiger partial charge in [0.1, 0.15) is 6.33 Å². The maximum atomic E-state index is 11.8. The highest BCUT2D eigenvalue weighted by molar-refractivity contribution is 5.90. The summed E-state index contributed by atoms with van der Waals surface area (Å²) in [5.41, 5.74) is 0.395. The molecule has 0 aliphatic rings. The highest BCUT2D eigenvalue weighted by Gasteiger charge is 2.05. The maximum absolute atomic E-state index is 11.8. The van der Waals surface area contributed by atoms with E-state index in [4.69, 9.17) is 4.74 Å². The average Bonchev–Trinajstić information content (AvgIpc) is 2.93. The molecule has 1 N–H and O–H groups in total. The molecule has 2 aromatic heterocycles. The molecule has 0 aromatic carbocycles. The summed E-state index contributed by atoms with van der Waals surface area (Å²) in [6.45, 7) is 0.864. The number of anilines is 1. The highest BCUT2D eigenvalue weighted by atomic mass is 16.5. The van der Waals surface area contributed by atoms with Gasteiger partial charge in [0.05, 0.1) is 12.3 Å². The Balaban J connectivity index is 2.12. The van der Waals surface area contributed by atoms with E-state index in [0.717, 1.165) is 0 Å². The highest BCUT2D eigenvalue weighted by Crippen LogP contribution is 2.04. The molecule has 1 amide bonds. The number of carbonyl (C=O) groups excluding carboxylic acids is 1. The third-order valence-electron chi connectivity index (χ3n) is 2.51. The van der Waals surface area contributed by atoms with Crippen LogP contribution in [0.5, 0.6) is 0 Å². The van der Waals surface area contributed by atoms with Crippen LogP contribution in [0.15, 0.2) is 41.8 Å². The van der Waals surface area contributed by atoms with Crippen molar-refractivity contribution >= 4 is 11.7 Å². The van der Waals surface area contributed by atoms with Crippen molar-refractivity contribution in [3.63, 3.8) is 0 Å². The van der Waals surface area contributed by atoms with Crippen LogP contribution in [-0.4, -0.2) is 33.9 Å². The van der Waals surface area contributed by atoms with Gasteiger partial charge in [0.2, 0.25) is 0 Å². The Morgan fingerprint density at radius 3 is 3.00 bits per heavy atom. The first-order chi connectivity index (χ1) is 9.20. The number of hydrogen-bond donors (Lipinski definition) is 1. The fourth-order valence-electron chi connectivity index (χ4n) is 1.54. The van der Waals surface area contributed by atoms with E-state index in [2.05, 4.69) is 10.3 Å². The van der Waals surface area contributed by atoms with Gasteiger partial charge in [-0.15, -0.1) is 0 Å². The van der Waals surface area contributed by atoms with Crippen LogP contribution in [0.2, 0.25) is 0 Å². The first-order valence-electron chi connectivity index (χ1n) is 5.69. The molecule has 100 valence electrons. The molecule has 0 bridgehead atoms. The molecule has 2 rings (SSSR count). The number of carbonyl (C=O) groups is 1. The van der Waals surface area contributed by atoms with Crippen LogP contribution in [0.3, 0.4) is 0 Å². The number of hydrogen-bond acceptors (Lipinski definition) is 4. The summed E-state index contributed by atoms with van der Waals surface area (Å²) in [6, 6.07) is 2.62. The zero-order valence-electron chi connectivity index (χ0n) is 10.4. The van der Waals surface area contributed by atoms with E-state index in [0.29, 0.717) is 18.8 Å². The topological polar surface area (TPSA) is 78.2 Å². The summed E-state index contributed by atoms with van der Waals surface area (Å²) in [7, 11) is 1.57. The van der Waals surface area contributed by atoms with E-state index in [1.807, 2.05) is 0 Å². The standard InChI is InChI=1S/C12H14N4O3/c1-19-7-6-15-8-10(2-3-11(15)17)14-12(18)16-5-4-13-9-16/h2-5,8-9H,6-7H2,1H3,(H,14,18). The lowest BCUT2D eigenvalue weighted by Crippen LogP contribution is -2.23. The van der Waals surface area contributed by atoms with E-state index in [-0.39, 0.29) is 11.6 Å². The van der Waals surface area contributed by atoms with Gasteiger partial charge in [-0.05, 0) is 6.07 Å². The molecule has 0 fully saturated rings. The Kier molecular flexibility index (Phi) is 4.09. The predicted molar refractivity (Wildman–Crippen MR) is 69.2 cm³/mol. The lowest BCUT2D eigenvalue weighted by molar-refractivity contribution is 0.186. The van der Waals surface area contributed by atoms with Crippen molar-refractivity contribution in [3.05, 3.63) is 47.4 Å². The number of rotatable bonds is 4. The van der Waals surface area contributed by atoms with Crippen molar-refractivity contribution in [2.75, 3.05) is 19.0 Å². The first kappa shape index (κ1) is 13.0. The molecule has 19 heavy (non-hydrogen) atoms. The minimum absolute atomic E-state index is 0.141. The van der Waals surface area contributed by atoms with E-state index in [1.54, 1.807) is 19.4 Å². The van der Waals surface area contributed by atoms with Gasteiger partial charge in [-0.25, -0.2) is 9.78 Å². The third-order valence-corrected chi connectivity index (χ3v) is 2.51. The number of methoxy groups -OCH3 is 1. The Bertz CT molecular complexity index is 604. The largest absolute Gasteiger partial charge is 0.383 e. The van der Waals surface area contributed by atoms with Crippen LogP contribution in [0.25, 0.3) is 0 Å². The second kappa shape index (κ2) is 5.96. The molecule has 7 nitrogen and oxygen atoms in total. The second-order valence-corrected chi connectivity index (χ2v) is 3.84. The summed E-state index contributed by atoms with van der Waals surface area (Å²) in [6.07, 6.45) is 6.03. The molecule has 0 saturated carbocycles. The van der Waals surface area contributed by atoms with Crippen molar-refractivity contribution in [2.45, 2.75) is 6.54 Å². The zero-order valence-corrected chi connectivity index (χ0v) is 10.4.